The van der Waals surface area contributed by atoms with Crippen LogP contribution in [0.2, 0.25) is 0 Å². The maximum Gasteiger partial charge on any atom is 0.123 e. The zero-order valence-electron chi connectivity index (χ0n) is 11.7. The van der Waals surface area contributed by atoms with Crippen molar-refractivity contribution in [1.82, 2.24) is 0 Å². The van der Waals surface area contributed by atoms with Gasteiger partial charge >= 0.3 is 0 Å². The molecule has 3 aromatic carbocycles. The first-order chi connectivity index (χ1) is 10.1. The molecule has 0 aliphatic carbocycles. The summed E-state index contributed by atoms with van der Waals surface area (Å²) in [4.78, 5) is 0. The zero-order chi connectivity index (χ0) is 14.8. The van der Waals surface area contributed by atoms with E-state index in [0.717, 1.165) is 22.0 Å². The van der Waals surface area contributed by atoms with Crippen LogP contribution in [0.4, 0.5) is 10.1 Å². The lowest BCUT2D eigenvalue weighted by molar-refractivity contribution is 0.481. The van der Waals surface area contributed by atoms with Crippen molar-refractivity contribution in [2.24, 2.45) is 0 Å². The van der Waals surface area contributed by atoms with E-state index >= 15 is 0 Å². The molecule has 0 amide bonds. The van der Waals surface area contributed by atoms with Crippen LogP contribution in [0.25, 0.3) is 10.8 Å². The fourth-order valence-corrected chi connectivity index (χ4v) is 2.49. The van der Waals surface area contributed by atoms with Crippen LogP contribution in [0, 0.1) is 5.82 Å². The minimum atomic E-state index is -0.235. The van der Waals surface area contributed by atoms with Crippen LogP contribution < -0.4 is 5.32 Å². The lowest BCUT2D eigenvalue weighted by Gasteiger charge is -2.17. The summed E-state index contributed by atoms with van der Waals surface area (Å²) in [6.45, 7) is 2.02. The highest BCUT2D eigenvalue weighted by Gasteiger charge is 2.09. The molecule has 2 N–H and O–H groups in total. The Morgan fingerprint density at radius 1 is 0.905 bits per heavy atom. The van der Waals surface area contributed by atoms with Crippen molar-refractivity contribution in [3.05, 3.63) is 72.0 Å². The number of nitrogens with one attached hydrogen (secondary N) is 1. The minimum Gasteiger partial charge on any atom is -0.507 e. The number of aromatic hydroxyl groups is 1. The van der Waals surface area contributed by atoms with Crippen LogP contribution in [-0.2, 0) is 0 Å². The maximum absolute atomic E-state index is 13.0. The topological polar surface area (TPSA) is 32.3 Å². The second-order valence-corrected chi connectivity index (χ2v) is 5.10. The Morgan fingerprint density at radius 2 is 1.57 bits per heavy atom. The molecule has 106 valence electrons. The van der Waals surface area contributed by atoms with Gasteiger partial charge < -0.3 is 10.4 Å². The standard InChI is InChI=1S/C18H16FNO/c1-12(13-8-10-14(19)11-9-13)20-17-6-2-5-16-15(17)4-3-7-18(16)21/h2-12,20-21H,1H3. The van der Waals surface area contributed by atoms with Gasteiger partial charge in [-0.05, 0) is 36.8 Å². The van der Waals surface area contributed by atoms with Gasteiger partial charge in [-0.1, -0.05) is 36.4 Å². The largest absolute Gasteiger partial charge is 0.507 e. The van der Waals surface area contributed by atoms with Gasteiger partial charge in [0.1, 0.15) is 11.6 Å². The maximum atomic E-state index is 13.0. The lowest BCUT2D eigenvalue weighted by atomic mass is 10.0. The molecule has 21 heavy (non-hydrogen) atoms. The molecule has 3 rings (SSSR count). The summed E-state index contributed by atoms with van der Waals surface area (Å²) in [5.41, 5.74) is 1.95. The predicted octanol–water partition coefficient (Wildman–Crippen LogP) is 4.86. The first-order valence-electron chi connectivity index (χ1n) is 6.88. The van der Waals surface area contributed by atoms with Crippen LogP contribution in [0.3, 0.4) is 0 Å². The van der Waals surface area contributed by atoms with E-state index in [1.165, 1.54) is 12.1 Å². The van der Waals surface area contributed by atoms with E-state index in [4.69, 9.17) is 0 Å². The molecule has 2 nitrogen and oxygen atoms in total. The summed E-state index contributed by atoms with van der Waals surface area (Å²) < 4.78 is 13.0. The SMILES string of the molecule is CC(Nc1cccc2c(O)cccc12)c1ccc(F)cc1. The zero-order valence-corrected chi connectivity index (χ0v) is 11.7. The fraction of sp³-hybridized carbons (Fsp3) is 0.111. The number of hydrogen-bond acceptors (Lipinski definition) is 2. The Bertz CT molecular complexity index is 768. The summed E-state index contributed by atoms with van der Waals surface area (Å²) >= 11 is 0. The predicted molar refractivity (Wildman–Crippen MR) is 84.1 cm³/mol. The molecule has 3 heteroatoms. The van der Waals surface area contributed by atoms with E-state index in [0.29, 0.717) is 0 Å². The highest BCUT2D eigenvalue weighted by Crippen LogP contribution is 2.31. The van der Waals surface area contributed by atoms with Gasteiger partial charge in [-0.25, -0.2) is 4.39 Å². The van der Waals surface area contributed by atoms with Crippen LogP contribution in [-0.4, -0.2) is 5.11 Å². The highest BCUT2D eigenvalue weighted by atomic mass is 19.1. The van der Waals surface area contributed by atoms with E-state index in [1.54, 1.807) is 18.2 Å². The Morgan fingerprint density at radius 3 is 2.33 bits per heavy atom. The molecule has 0 bridgehead atoms. The van der Waals surface area contributed by atoms with Crippen LogP contribution in [0.5, 0.6) is 5.75 Å². The van der Waals surface area contributed by atoms with Crippen LogP contribution in [0.15, 0.2) is 60.7 Å². The number of phenolic OH excluding ortho intramolecular Hbond substituents is 1. The Balaban J connectivity index is 1.94. The Hall–Kier alpha value is -2.55. The molecule has 0 saturated carbocycles. The van der Waals surface area contributed by atoms with E-state index in [9.17, 15) is 9.50 Å². The molecule has 1 atom stereocenters. The van der Waals surface area contributed by atoms with Crippen LogP contribution in [0.1, 0.15) is 18.5 Å². The van der Waals surface area contributed by atoms with Gasteiger partial charge in [0.15, 0.2) is 0 Å². The Labute approximate surface area is 122 Å². The third-order valence-corrected chi connectivity index (χ3v) is 3.64. The number of fused-ring (bicyclic) bond motifs is 1. The molecule has 0 spiro atoms. The van der Waals surface area contributed by atoms with Crippen molar-refractivity contribution in [3.8, 4) is 5.75 Å². The minimum absolute atomic E-state index is 0.0403. The number of phenols is 1. The smallest absolute Gasteiger partial charge is 0.123 e. The van der Waals surface area contributed by atoms with Crippen LogP contribution >= 0.6 is 0 Å². The summed E-state index contributed by atoms with van der Waals surface area (Å²) in [5, 5.41) is 15.1. The van der Waals surface area contributed by atoms with E-state index in [2.05, 4.69) is 5.32 Å². The number of benzene rings is 3. The molecular weight excluding hydrogens is 265 g/mol. The molecule has 0 radical (unpaired) electrons. The normalized spacial score (nSPS) is 12.3. The van der Waals surface area contributed by atoms with Gasteiger partial charge in [0.05, 0.1) is 0 Å². The molecule has 0 saturated heterocycles. The fourth-order valence-electron chi connectivity index (χ4n) is 2.49. The molecular formula is C18H16FNO. The third-order valence-electron chi connectivity index (χ3n) is 3.64. The Kier molecular flexibility index (Phi) is 3.48. The molecule has 0 aliphatic heterocycles. The van der Waals surface area contributed by atoms with Gasteiger partial charge in [0, 0.05) is 22.5 Å². The molecule has 0 aromatic heterocycles. The average Bonchev–Trinajstić information content (AvgIpc) is 2.49. The number of halogens is 1. The summed E-state index contributed by atoms with van der Waals surface area (Å²) in [5.74, 6) is 0.0339. The average molecular weight is 281 g/mol. The van der Waals surface area contributed by atoms with Gasteiger partial charge in [-0.15, -0.1) is 0 Å². The number of rotatable bonds is 3. The second-order valence-electron chi connectivity index (χ2n) is 5.10. The second kappa shape index (κ2) is 5.44. The van der Waals surface area contributed by atoms with Crippen molar-refractivity contribution in [3.63, 3.8) is 0 Å². The molecule has 0 fully saturated rings. The quantitative estimate of drug-likeness (QED) is 0.718. The van der Waals surface area contributed by atoms with Gasteiger partial charge in [-0.2, -0.15) is 0 Å². The first kappa shape index (κ1) is 13.4. The first-order valence-corrected chi connectivity index (χ1v) is 6.88. The number of anilines is 1. The van der Waals surface area contributed by atoms with E-state index in [-0.39, 0.29) is 17.6 Å². The van der Waals surface area contributed by atoms with Gasteiger partial charge in [0.2, 0.25) is 0 Å². The van der Waals surface area contributed by atoms with Crippen molar-refractivity contribution in [2.45, 2.75) is 13.0 Å². The summed E-state index contributed by atoms with van der Waals surface area (Å²) in [7, 11) is 0. The molecule has 1 unspecified atom stereocenters. The highest BCUT2D eigenvalue weighted by molar-refractivity contribution is 5.97. The summed E-state index contributed by atoms with van der Waals surface area (Å²) in [6.07, 6.45) is 0. The van der Waals surface area contributed by atoms with E-state index in [1.807, 2.05) is 37.3 Å². The molecule has 0 heterocycles. The van der Waals surface area contributed by atoms with Crippen molar-refractivity contribution >= 4 is 16.5 Å². The summed E-state index contributed by atoms with van der Waals surface area (Å²) in [6, 6.07) is 17.7. The van der Waals surface area contributed by atoms with Crippen molar-refractivity contribution in [2.75, 3.05) is 5.32 Å². The molecule has 0 aliphatic rings. The third kappa shape index (κ3) is 2.68. The van der Waals surface area contributed by atoms with Gasteiger partial charge in [0.25, 0.3) is 0 Å². The van der Waals surface area contributed by atoms with Gasteiger partial charge in [-0.3, -0.25) is 0 Å². The molecule has 3 aromatic rings. The lowest BCUT2D eigenvalue weighted by Crippen LogP contribution is -2.06. The van der Waals surface area contributed by atoms with Crippen molar-refractivity contribution < 1.29 is 9.50 Å². The van der Waals surface area contributed by atoms with E-state index < -0.39 is 0 Å². The number of hydrogen-bond donors (Lipinski definition) is 2. The van der Waals surface area contributed by atoms with Crippen molar-refractivity contribution in [1.29, 1.82) is 0 Å². The monoisotopic (exact) mass is 281 g/mol.